The van der Waals surface area contributed by atoms with E-state index in [0.29, 0.717) is 16.3 Å². The van der Waals surface area contributed by atoms with Crippen molar-refractivity contribution in [2.45, 2.75) is 6.92 Å². The molecule has 0 fully saturated rings. The maximum Gasteiger partial charge on any atom is 0.255 e. The summed E-state index contributed by atoms with van der Waals surface area (Å²) in [6, 6.07) is 20.7. The van der Waals surface area contributed by atoms with Crippen LogP contribution in [0, 0.1) is 6.92 Å². The van der Waals surface area contributed by atoms with Crippen molar-refractivity contribution in [3.63, 3.8) is 0 Å². The monoisotopic (exact) mass is 361 g/mol. The predicted octanol–water partition coefficient (Wildman–Crippen LogP) is 5.44. The molecule has 0 aliphatic rings. The first-order chi connectivity index (χ1) is 12.6. The summed E-state index contributed by atoms with van der Waals surface area (Å²) >= 11 is 6.01. The third-order valence-corrected chi connectivity index (χ3v) is 4.49. The van der Waals surface area contributed by atoms with E-state index in [9.17, 15) is 4.79 Å². The number of H-pyrrole nitrogens is 1. The number of benzene rings is 3. The molecule has 3 aromatic carbocycles. The number of carbonyl (C=O) groups excluding carboxylic acids is 1. The molecule has 0 radical (unpaired) electrons. The van der Waals surface area contributed by atoms with Crippen molar-refractivity contribution in [3.05, 3.63) is 82.9 Å². The lowest BCUT2D eigenvalue weighted by Crippen LogP contribution is -2.12. The van der Waals surface area contributed by atoms with Crippen LogP contribution < -0.4 is 5.32 Å². The average molecular weight is 362 g/mol. The van der Waals surface area contributed by atoms with E-state index in [1.165, 1.54) is 0 Å². The number of aromatic nitrogens is 2. The fraction of sp³-hybridized carbons (Fsp3) is 0.0476. The van der Waals surface area contributed by atoms with E-state index in [4.69, 9.17) is 11.6 Å². The summed E-state index contributed by atoms with van der Waals surface area (Å²) in [7, 11) is 0. The fourth-order valence-electron chi connectivity index (χ4n) is 2.79. The number of amides is 1. The third kappa shape index (κ3) is 3.19. The molecule has 0 saturated heterocycles. The summed E-state index contributed by atoms with van der Waals surface area (Å²) in [4.78, 5) is 20.4. The van der Waals surface area contributed by atoms with Gasteiger partial charge in [0, 0.05) is 21.8 Å². The lowest BCUT2D eigenvalue weighted by atomic mass is 10.1. The number of imidazole rings is 1. The Hall–Kier alpha value is -3.11. The number of hydrogen-bond donors (Lipinski definition) is 2. The number of carbonyl (C=O) groups is 1. The van der Waals surface area contributed by atoms with Gasteiger partial charge in [0.05, 0.1) is 11.0 Å². The lowest BCUT2D eigenvalue weighted by Gasteiger charge is -2.09. The van der Waals surface area contributed by atoms with Crippen molar-refractivity contribution in [3.8, 4) is 11.4 Å². The van der Waals surface area contributed by atoms with Gasteiger partial charge >= 0.3 is 0 Å². The molecule has 0 spiro atoms. The highest BCUT2D eigenvalue weighted by atomic mass is 35.5. The number of aryl methyl sites for hydroxylation is 1. The van der Waals surface area contributed by atoms with E-state index in [1.54, 1.807) is 24.3 Å². The standard InChI is InChI=1S/C21H16ClN3O/c1-13-6-11-16(22)12-19(13)25-21(26)15-9-7-14(8-10-15)20-23-17-4-2-3-5-18(17)24-20/h2-12H,1H3,(H,23,24)(H,25,26). The van der Waals surface area contributed by atoms with Crippen molar-refractivity contribution in [1.29, 1.82) is 0 Å². The van der Waals surface area contributed by atoms with Crippen LogP contribution in [0.2, 0.25) is 5.02 Å². The Kier molecular flexibility index (Phi) is 4.19. The van der Waals surface area contributed by atoms with Crippen LogP contribution in [0.4, 0.5) is 5.69 Å². The predicted molar refractivity (Wildman–Crippen MR) is 106 cm³/mol. The molecule has 4 nitrogen and oxygen atoms in total. The first kappa shape index (κ1) is 16.4. The normalized spacial score (nSPS) is 10.8. The molecule has 4 aromatic rings. The van der Waals surface area contributed by atoms with Crippen molar-refractivity contribution in [1.82, 2.24) is 9.97 Å². The van der Waals surface area contributed by atoms with Gasteiger partial charge in [-0.1, -0.05) is 41.9 Å². The van der Waals surface area contributed by atoms with Crippen LogP contribution in [0.25, 0.3) is 22.4 Å². The van der Waals surface area contributed by atoms with Crippen LogP contribution in [-0.2, 0) is 0 Å². The summed E-state index contributed by atoms with van der Waals surface area (Å²) < 4.78 is 0. The molecule has 5 heteroatoms. The minimum absolute atomic E-state index is 0.175. The Labute approximate surface area is 155 Å². The Morgan fingerprint density at radius 2 is 1.81 bits per heavy atom. The quantitative estimate of drug-likeness (QED) is 0.510. The summed E-state index contributed by atoms with van der Waals surface area (Å²) in [5, 5.41) is 3.49. The summed E-state index contributed by atoms with van der Waals surface area (Å²) in [6.45, 7) is 1.93. The van der Waals surface area contributed by atoms with Gasteiger partial charge < -0.3 is 10.3 Å². The second-order valence-electron chi connectivity index (χ2n) is 6.09. The van der Waals surface area contributed by atoms with E-state index in [2.05, 4.69) is 15.3 Å². The van der Waals surface area contributed by atoms with Crippen molar-refractivity contribution in [2.24, 2.45) is 0 Å². The van der Waals surface area contributed by atoms with Gasteiger partial charge in [-0.2, -0.15) is 0 Å². The highest BCUT2D eigenvalue weighted by molar-refractivity contribution is 6.31. The van der Waals surface area contributed by atoms with Gasteiger partial charge in [0.25, 0.3) is 5.91 Å². The molecule has 1 aromatic heterocycles. The Morgan fingerprint density at radius 3 is 2.58 bits per heavy atom. The van der Waals surface area contributed by atoms with E-state index in [-0.39, 0.29) is 5.91 Å². The molecule has 0 aliphatic heterocycles. The highest BCUT2D eigenvalue weighted by Crippen LogP contribution is 2.23. The van der Waals surface area contributed by atoms with Gasteiger partial charge in [-0.15, -0.1) is 0 Å². The molecule has 1 amide bonds. The van der Waals surface area contributed by atoms with Crippen molar-refractivity contribution < 1.29 is 4.79 Å². The van der Waals surface area contributed by atoms with Gasteiger partial charge in [0.2, 0.25) is 0 Å². The smallest absolute Gasteiger partial charge is 0.255 e. The van der Waals surface area contributed by atoms with Crippen LogP contribution in [0.1, 0.15) is 15.9 Å². The average Bonchev–Trinajstić information content (AvgIpc) is 3.09. The summed E-state index contributed by atoms with van der Waals surface area (Å²) in [5.41, 5.74) is 5.08. The van der Waals surface area contributed by atoms with Crippen LogP contribution in [0.3, 0.4) is 0 Å². The fourth-order valence-corrected chi connectivity index (χ4v) is 2.96. The minimum Gasteiger partial charge on any atom is -0.338 e. The number of anilines is 1. The van der Waals surface area contributed by atoms with Gasteiger partial charge in [0.15, 0.2) is 0 Å². The van der Waals surface area contributed by atoms with Crippen molar-refractivity contribution >= 4 is 34.2 Å². The Morgan fingerprint density at radius 1 is 1.04 bits per heavy atom. The number of fused-ring (bicyclic) bond motifs is 1. The van der Waals surface area contributed by atoms with E-state index < -0.39 is 0 Å². The SMILES string of the molecule is Cc1ccc(Cl)cc1NC(=O)c1ccc(-c2nc3ccccc3[nH]2)cc1. The number of para-hydroxylation sites is 2. The molecule has 0 atom stereocenters. The molecule has 0 saturated carbocycles. The molecule has 0 aliphatic carbocycles. The zero-order valence-corrected chi connectivity index (χ0v) is 14.8. The number of nitrogens with zero attached hydrogens (tertiary/aromatic N) is 1. The molecule has 1 heterocycles. The van der Waals surface area contributed by atoms with E-state index in [1.807, 2.05) is 49.4 Å². The zero-order chi connectivity index (χ0) is 18.1. The molecular weight excluding hydrogens is 346 g/mol. The molecule has 2 N–H and O–H groups in total. The third-order valence-electron chi connectivity index (χ3n) is 4.26. The van der Waals surface area contributed by atoms with E-state index >= 15 is 0 Å². The van der Waals surface area contributed by atoms with Gasteiger partial charge in [0.1, 0.15) is 5.82 Å². The molecular formula is C21H16ClN3O. The van der Waals surface area contributed by atoms with Gasteiger partial charge in [-0.25, -0.2) is 4.98 Å². The second-order valence-corrected chi connectivity index (χ2v) is 6.53. The zero-order valence-electron chi connectivity index (χ0n) is 14.1. The molecule has 26 heavy (non-hydrogen) atoms. The largest absolute Gasteiger partial charge is 0.338 e. The van der Waals surface area contributed by atoms with Crippen LogP contribution >= 0.6 is 11.6 Å². The second kappa shape index (κ2) is 6.65. The Balaban J connectivity index is 1.57. The minimum atomic E-state index is -0.175. The number of hydrogen-bond acceptors (Lipinski definition) is 2. The summed E-state index contributed by atoms with van der Waals surface area (Å²) in [6.07, 6.45) is 0. The number of halogens is 1. The number of nitrogens with one attached hydrogen (secondary N) is 2. The van der Waals surface area contributed by atoms with Gasteiger partial charge in [-0.05, 0) is 48.9 Å². The van der Waals surface area contributed by atoms with E-state index in [0.717, 1.165) is 28.0 Å². The molecule has 0 unspecified atom stereocenters. The van der Waals surface area contributed by atoms with Crippen LogP contribution in [-0.4, -0.2) is 15.9 Å². The Bertz CT molecular complexity index is 1070. The first-order valence-electron chi connectivity index (χ1n) is 8.23. The van der Waals surface area contributed by atoms with Crippen molar-refractivity contribution in [2.75, 3.05) is 5.32 Å². The molecule has 128 valence electrons. The lowest BCUT2D eigenvalue weighted by molar-refractivity contribution is 0.102. The molecule has 0 bridgehead atoms. The topological polar surface area (TPSA) is 57.8 Å². The maximum absolute atomic E-state index is 12.5. The first-order valence-corrected chi connectivity index (χ1v) is 8.61. The number of aromatic amines is 1. The van der Waals surface area contributed by atoms with Gasteiger partial charge in [-0.3, -0.25) is 4.79 Å². The number of rotatable bonds is 3. The van der Waals surface area contributed by atoms with Crippen LogP contribution in [0.5, 0.6) is 0 Å². The highest BCUT2D eigenvalue weighted by Gasteiger charge is 2.10. The summed E-state index contributed by atoms with van der Waals surface area (Å²) in [5.74, 6) is 0.607. The molecule has 4 rings (SSSR count). The van der Waals surface area contributed by atoms with Crippen LogP contribution in [0.15, 0.2) is 66.7 Å². The maximum atomic E-state index is 12.5.